The van der Waals surface area contributed by atoms with Gasteiger partial charge in [0, 0.05) is 31.0 Å². The first-order valence-corrected chi connectivity index (χ1v) is 7.81. The number of phenols is 1. The number of aromatic hydroxyl groups is 1. The van der Waals surface area contributed by atoms with E-state index < -0.39 is 5.91 Å². The van der Waals surface area contributed by atoms with Gasteiger partial charge in [-0.3, -0.25) is 9.59 Å². The maximum Gasteiger partial charge on any atom is 0.255 e. The Hall–Kier alpha value is -2.24. The van der Waals surface area contributed by atoms with Gasteiger partial charge in [-0.2, -0.15) is 0 Å². The van der Waals surface area contributed by atoms with Crippen LogP contribution in [-0.4, -0.2) is 35.6 Å². The van der Waals surface area contributed by atoms with Crippen LogP contribution in [0.3, 0.4) is 0 Å². The molecule has 0 atom stereocenters. The highest BCUT2D eigenvalue weighted by molar-refractivity contribution is 5.98. The fourth-order valence-electron chi connectivity index (χ4n) is 2.48. The largest absolute Gasteiger partial charge is 0.504 e. The number of phenolic OH excluding ortho intramolecular Hbond substituents is 1. The number of hydrogen-bond acceptors (Lipinski definition) is 4. The van der Waals surface area contributed by atoms with Crippen LogP contribution >= 0.6 is 0 Å². The third-order valence-corrected chi connectivity index (χ3v) is 3.69. The van der Waals surface area contributed by atoms with Gasteiger partial charge in [0.15, 0.2) is 11.5 Å². The van der Waals surface area contributed by atoms with Crippen LogP contribution < -0.4 is 15.4 Å². The summed E-state index contributed by atoms with van der Waals surface area (Å²) in [6.45, 7) is 8.11. The van der Waals surface area contributed by atoms with Gasteiger partial charge in [-0.15, -0.1) is 0 Å². The zero-order valence-electron chi connectivity index (χ0n) is 14.0. The summed E-state index contributed by atoms with van der Waals surface area (Å²) in [4.78, 5) is 23.6. The monoisotopic (exact) mass is 320 g/mol. The second kappa shape index (κ2) is 6.48. The molecule has 2 amide bonds. The number of amides is 2. The van der Waals surface area contributed by atoms with Crippen LogP contribution in [0.25, 0.3) is 0 Å². The Bertz CT molecular complexity index is 623. The van der Waals surface area contributed by atoms with E-state index in [1.54, 1.807) is 26.0 Å². The minimum atomic E-state index is -0.391. The normalized spacial score (nSPS) is 15.0. The van der Waals surface area contributed by atoms with Gasteiger partial charge in [-0.25, -0.2) is 0 Å². The van der Waals surface area contributed by atoms with Crippen LogP contribution in [0.5, 0.6) is 11.5 Å². The second-order valence-electron chi connectivity index (χ2n) is 6.69. The lowest BCUT2D eigenvalue weighted by atomic mass is 10.0. The predicted octanol–water partition coefficient (Wildman–Crippen LogP) is 1.61. The molecule has 0 saturated carbocycles. The van der Waals surface area contributed by atoms with Crippen molar-refractivity contribution in [2.45, 2.75) is 39.7 Å². The molecule has 0 aliphatic carbocycles. The first-order chi connectivity index (χ1) is 10.7. The van der Waals surface area contributed by atoms with Crippen molar-refractivity contribution in [2.75, 3.05) is 13.1 Å². The summed E-state index contributed by atoms with van der Waals surface area (Å²) in [5.41, 5.74) is 0.695. The van der Waals surface area contributed by atoms with Gasteiger partial charge in [-0.1, -0.05) is 19.9 Å². The first-order valence-electron chi connectivity index (χ1n) is 7.81. The van der Waals surface area contributed by atoms with Gasteiger partial charge < -0.3 is 20.5 Å². The molecule has 3 N–H and O–H groups in total. The highest BCUT2D eigenvalue weighted by atomic mass is 16.5. The molecule has 1 aliphatic rings. The lowest BCUT2D eigenvalue weighted by Gasteiger charge is -2.17. The van der Waals surface area contributed by atoms with Crippen molar-refractivity contribution in [3.63, 3.8) is 0 Å². The molecule has 6 heteroatoms. The highest BCUT2D eigenvalue weighted by Gasteiger charge is 2.33. The quantitative estimate of drug-likeness (QED) is 0.719. The highest BCUT2D eigenvalue weighted by Crippen LogP contribution is 2.43. The second-order valence-corrected chi connectivity index (χ2v) is 6.69. The van der Waals surface area contributed by atoms with Gasteiger partial charge in [0.25, 0.3) is 5.91 Å². The summed E-state index contributed by atoms with van der Waals surface area (Å²) >= 11 is 0. The molecule has 0 saturated heterocycles. The van der Waals surface area contributed by atoms with E-state index >= 15 is 0 Å². The molecule has 0 radical (unpaired) electrons. The molecule has 6 nitrogen and oxygen atoms in total. The number of fused-ring (bicyclic) bond motifs is 1. The number of ether oxygens (including phenoxy) is 1. The van der Waals surface area contributed by atoms with Crippen LogP contribution in [0.4, 0.5) is 0 Å². The summed E-state index contributed by atoms with van der Waals surface area (Å²) in [7, 11) is 0. The molecule has 2 rings (SSSR count). The zero-order valence-corrected chi connectivity index (χ0v) is 14.0. The van der Waals surface area contributed by atoms with Crippen LogP contribution in [-0.2, 0) is 11.2 Å². The molecule has 1 heterocycles. The van der Waals surface area contributed by atoms with E-state index in [9.17, 15) is 14.7 Å². The average molecular weight is 320 g/mol. The van der Waals surface area contributed by atoms with E-state index in [1.807, 2.05) is 13.8 Å². The number of carbonyl (C=O) groups excluding carboxylic acids is 2. The minimum Gasteiger partial charge on any atom is -0.504 e. The third kappa shape index (κ3) is 3.94. The molecule has 0 bridgehead atoms. The predicted molar refractivity (Wildman–Crippen MR) is 86.7 cm³/mol. The van der Waals surface area contributed by atoms with Gasteiger partial charge in [0.05, 0.1) is 5.56 Å². The standard InChI is InChI=1S/C17H24N2O4/c1-10(2)15(21)18-7-8-19-16(22)12-6-5-11-9-17(3,4)23-14(11)13(12)20/h5-6,10,20H,7-9H2,1-4H3,(H,18,21)(H,19,22). The number of carbonyl (C=O) groups is 2. The number of hydrogen-bond donors (Lipinski definition) is 3. The summed E-state index contributed by atoms with van der Waals surface area (Å²) in [6.07, 6.45) is 0.693. The van der Waals surface area contributed by atoms with Gasteiger partial charge in [0.1, 0.15) is 5.60 Å². The van der Waals surface area contributed by atoms with E-state index in [4.69, 9.17) is 4.74 Å². The van der Waals surface area contributed by atoms with Gasteiger partial charge in [0.2, 0.25) is 5.91 Å². The number of nitrogens with one attached hydrogen (secondary N) is 2. The van der Waals surface area contributed by atoms with Gasteiger partial charge in [-0.05, 0) is 19.9 Å². The van der Waals surface area contributed by atoms with Crippen molar-refractivity contribution in [1.29, 1.82) is 0 Å². The molecule has 1 aromatic rings. The van der Waals surface area contributed by atoms with Crippen LogP contribution in [0, 0.1) is 5.92 Å². The summed E-state index contributed by atoms with van der Waals surface area (Å²) in [5.74, 6) is -0.285. The Balaban J connectivity index is 1.95. The van der Waals surface area contributed by atoms with E-state index in [2.05, 4.69) is 10.6 Å². The van der Waals surface area contributed by atoms with Crippen molar-refractivity contribution in [2.24, 2.45) is 5.92 Å². The lowest BCUT2D eigenvalue weighted by Crippen LogP contribution is -2.36. The lowest BCUT2D eigenvalue weighted by molar-refractivity contribution is -0.123. The first kappa shape index (κ1) is 17.1. The SMILES string of the molecule is CC(C)C(=O)NCCNC(=O)c1ccc2c(c1O)OC(C)(C)C2. The molecule has 0 fully saturated rings. The molecular formula is C17H24N2O4. The maximum absolute atomic E-state index is 12.2. The topological polar surface area (TPSA) is 87.7 Å². The van der Waals surface area contributed by atoms with Crippen molar-refractivity contribution in [1.82, 2.24) is 10.6 Å². The molecule has 0 spiro atoms. The number of rotatable bonds is 5. The average Bonchev–Trinajstić information content (AvgIpc) is 2.78. The maximum atomic E-state index is 12.2. The molecule has 1 aromatic carbocycles. The van der Waals surface area contributed by atoms with Crippen molar-refractivity contribution in [3.8, 4) is 11.5 Å². The third-order valence-electron chi connectivity index (χ3n) is 3.69. The van der Waals surface area contributed by atoms with Crippen molar-refractivity contribution in [3.05, 3.63) is 23.3 Å². The minimum absolute atomic E-state index is 0.0599. The van der Waals surface area contributed by atoms with Crippen molar-refractivity contribution < 1.29 is 19.4 Å². The van der Waals surface area contributed by atoms with E-state index in [-0.39, 0.29) is 28.7 Å². The molecule has 126 valence electrons. The van der Waals surface area contributed by atoms with E-state index in [0.29, 0.717) is 25.3 Å². The number of benzene rings is 1. The Morgan fingerprint density at radius 2 is 1.91 bits per heavy atom. The summed E-state index contributed by atoms with van der Waals surface area (Å²) in [5, 5.41) is 15.7. The molecule has 1 aliphatic heterocycles. The molecule has 0 aromatic heterocycles. The van der Waals surface area contributed by atoms with Crippen LogP contribution in [0.15, 0.2) is 12.1 Å². The molecule has 0 unspecified atom stereocenters. The molecular weight excluding hydrogens is 296 g/mol. The Kier molecular flexibility index (Phi) is 4.82. The van der Waals surface area contributed by atoms with E-state index in [0.717, 1.165) is 5.56 Å². The molecule has 23 heavy (non-hydrogen) atoms. The van der Waals surface area contributed by atoms with Crippen LogP contribution in [0.1, 0.15) is 43.6 Å². The Morgan fingerprint density at radius 3 is 2.57 bits per heavy atom. The van der Waals surface area contributed by atoms with Crippen LogP contribution in [0.2, 0.25) is 0 Å². The van der Waals surface area contributed by atoms with E-state index in [1.165, 1.54) is 0 Å². The fourth-order valence-corrected chi connectivity index (χ4v) is 2.48. The smallest absolute Gasteiger partial charge is 0.255 e. The fraction of sp³-hybridized carbons (Fsp3) is 0.529. The Labute approximate surface area is 136 Å². The summed E-state index contributed by atoms with van der Waals surface area (Å²) < 4.78 is 5.71. The zero-order chi connectivity index (χ0) is 17.2. The Morgan fingerprint density at radius 1 is 1.26 bits per heavy atom. The van der Waals surface area contributed by atoms with Crippen molar-refractivity contribution >= 4 is 11.8 Å². The van der Waals surface area contributed by atoms with Gasteiger partial charge >= 0.3 is 0 Å². The summed E-state index contributed by atoms with van der Waals surface area (Å²) in [6, 6.07) is 3.40.